The predicted molar refractivity (Wildman–Crippen MR) is 33.6 cm³/mol. The second-order valence-corrected chi connectivity index (χ2v) is 1.54. The number of nitrogens with zero attached hydrogens (tertiary/aromatic N) is 1. The van der Waals surface area contributed by atoms with E-state index in [2.05, 4.69) is 4.40 Å². The van der Waals surface area contributed by atoms with Crippen LogP contribution < -0.4 is 0 Å². The minimum Gasteiger partial charge on any atom is -0.484 e. The van der Waals surface area contributed by atoms with Gasteiger partial charge in [-0.15, -0.1) is 0 Å². The number of hydrogen-bond donors (Lipinski definition) is 0. The Hall–Kier alpha value is -0.180. The van der Waals surface area contributed by atoms with Crippen molar-refractivity contribution in [1.29, 1.82) is 0 Å². The molecule has 0 aromatic rings. The molecule has 0 heterocycles. The molecule has 0 saturated heterocycles. The van der Waals surface area contributed by atoms with Crippen LogP contribution in [0.5, 0.6) is 0 Å². The first kappa shape index (κ1) is 6.82. The lowest BCUT2D eigenvalue weighted by atomic mass is 10.8. The maximum Gasteiger partial charge on any atom is 0.191 e. The Bertz CT molecular complexity index is 72.1. The zero-order chi connectivity index (χ0) is 5.70. The van der Waals surface area contributed by atoms with E-state index >= 15 is 0 Å². The van der Waals surface area contributed by atoms with Crippen molar-refractivity contribution in [3.8, 4) is 0 Å². The van der Waals surface area contributed by atoms with E-state index in [4.69, 9.17) is 4.74 Å². The minimum atomic E-state index is 0.715. The second-order valence-electron chi connectivity index (χ2n) is 0.997. The highest BCUT2D eigenvalue weighted by Gasteiger charge is 1.78. The van der Waals surface area contributed by atoms with E-state index in [1.807, 2.05) is 13.2 Å². The Balaban J connectivity index is 3.29. The smallest absolute Gasteiger partial charge is 0.191 e. The number of rotatable bonds is 1. The third kappa shape index (κ3) is 3.66. The van der Waals surface area contributed by atoms with Gasteiger partial charge >= 0.3 is 0 Å². The predicted octanol–water partition coefficient (Wildman–Crippen LogP) is 1.33. The van der Waals surface area contributed by atoms with Gasteiger partial charge in [0.05, 0.1) is 7.11 Å². The fraction of sp³-hybridized carbons (Fsp3) is 0.750. The molecule has 0 radical (unpaired) electrons. The van der Waals surface area contributed by atoms with Gasteiger partial charge in [-0.2, -0.15) is 4.40 Å². The van der Waals surface area contributed by atoms with Crippen LogP contribution in [0.4, 0.5) is 0 Å². The fourth-order valence-electron chi connectivity index (χ4n) is 0.166. The highest BCUT2D eigenvalue weighted by atomic mass is 32.2. The average molecular weight is 119 g/mol. The van der Waals surface area contributed by atoms with Crippen molar-refractivity contribution < 1.29 is 4.74 Å². The molecule has 0 aliphatic carbocycles. The summed E-state index contributed by atoms with van der Waals surface area (Å²) in [4.78, 5) is 0. The maximum absolute atomic E-state index is 4.72. The molecule has 42 valence electrons. The summed E-state index contributed by atoms with van der Waals surface area (Å²) in [5, 5.41) is 0. The molecule has 0 aliphatic heterocycles. The van der Waals surface area contributed by atoms with Crippen molar-refractivity contribution in [3.63, 3.8) is 0 Å². The van der Waals surface area contributed by atoms with Gasteiger partial charge in [0.25, 0.3) is 0 Å². The van der Waals surface area contributed by atoms with E-state index in [0.29, 0.717) is 5.90 Å². The second kappa shape index (κ2) is 3.99. The van der Waals surface area contributed by atoms with E-state index < -0.39 is 0 Å². The van der Waals surface area contributed by atoms with Crippen molar-refractivity contribution in [2.24, 2.45) is 4.40 Å². The van der Waals surface area contributed by atoms with Crippen LogP contribution >= 0.6 is 11.9 Å². The minimum absolute atomic E-state index is 0.715. The van der Waals surface area contributed by atoms with Crippen LogP contribution in [0.1, 0.15) is 6.92 Å². The van der Waals surface area contributed by atoms with Crippen LogP contribution in [-0.2, 0) is 4.74 Å². The lowest BCUT2D eigenvalue weighted by molar-refractivity contribution is 0.401. The largest absolute Gasteiger partial charge is 0.484 e. The third-order valence-electron chi connectivity index (χ3n) is 0.515. The quantitative estimate of drug-likeness (QED) is 0.295. The van der Waals surface area contributed by atoms with Crippen molar-refractivity contribution in [2.75, 3.05) is 13.4 Å². The maximum atomic E-state index is 4.72. The van der Waals surface area contributed by atoms with Gasteiger partial charge in [-0.1, -0.05) is 0 Å². The van der Waals surface area contributed by atoms with Crippen molar-refractivity contribution in [3.05, 3.63) is 0 Å². The Morgan fingerprint density at radius 3 is 2.43 bits per heavy atom. The molecule has 0 spiro atoms. The molecule has 0 rings (SSSR count). The van der Waals surface area contributed by atoms with Gasteiger partial charge in [-0.25, -0.2) is 0 Å². The number of hydrogen-bond acceptors (Lipinski definition) is 3. The Morgan fingerprint density at radius 2 is 2.29 bits per heavy atom. The van der Waals surface area contributed by atoms with E-state index in [0.717, 1.165) is 0 Å². The van der Waals surface area contributed by atoms with Gasteiger partial charge in [0.15, 0.2) is 5.90 Å². The van der Waals surface area contributed by atoms with Gasteiger partial charge in [-0.05, 0) is 11.9 Å². The summed E-state index contributed by atoms with van der Waals surface area (Å²) < 4.78 is 8.57. The molecular weight excluding hydrogens is 110 g/mol. The topological polar surface area (TPSA) is 21.6 Å². The van der Waals surface area contributed by atoms with Crippen molar-refractivity contribution >= 4 is 17.8 Å². The van der Waals surface area contributed by atoms with Crippen molar-refractivity contribution in [1.82, 2.24) is 0 Å². The first-order valence-electron chi connectivity index (χ1n) is 1.93. The summed E-state index contributed by atoms with van der Waals surface area (Å²) in [7, 11) is 1.61. The van der Waals surface area contributed by atoms with Crippen LogP contribution in [0.3, 0.4) is 0 Å². The SMILES string of the molecule is COC(C)=NSC. The standard InChI is InChI=1S/C4H9NOS/c1-4(6-2)5-7-3/h1-3H3. The van der Waals surface area contributed by atoms with Crippen LogP contribution in [0.25, 0.3) is 0 Å². The lowest BCUT2D eigenvalue weighted by Gasteiger charge is -1.91. The molecule has 0 saturated carbocycles. The van der Waals surface area contributed by atoms with Crippen LogP contribution in [0, 0.1) is 0 Å². The highest BCUT2D eigenvalue weighted by molar-refractivity contribution is 7.97. The molecule has 0 unspecified atom stereocenters. The Labute approximate surface area is 48.1 Å². The Morgan fingerprint density at radius 1 is 1.71 bits per heavy atom. The van der Waals surface area contributed by atoms with Gasteiger partial charge in [0.1, 0.15) is 0 Å². The molecule has 0 aromatic carbocycles. The van der Waals surface area contributed by atoms with Gasteiger partial charge in [-0.3, -0.25) is 0 Å². The van der Waals surface area contributed by atoms with E-state index in [9.17, 15) is 0 Å². The van der Waals surface area contributed by atoms with Crippen molar-refractivity contribution in [2.45, 2.75) is 6.92 Å². The normalized spacial score (nSPS) is 11.6. The first-order chi connectivity index (χ1) is 3.31. The van der Waals surface area contributed by atoms with Gasteiger partial charge < -0.3 is 4.74 Å². The lowest BCUT2D eigenvalue weighted by Crippen LogP contribution is -1.90. The summed E-state index contributed by atoms with van der Waals surface area (Å²) in [6.45, 7) is 1.82. The van der Waals surface area contributed by atoms with E-state index in [1.165, 1.54) is 11.9 Å². The molecule has 0 fully saturated rings. The summed E-state index contributed by atoms with van der Waals surface area (Å²) in [5.74, 6) is 0.715. The number of methoxy groups -OCH3 is 1. The molecule has 3 heteroatoms. The summed E-state index contributed by atoms with van der Waals surface area (Å²) in [6, 6.07) is 0. The molecule has 0 bridgehead atoms. The van der Waals surface area contributed by atoms with E-state index in [1.54, 1.807) is 7.11 Å². The molecule has 2 nitrogen and oxygen atoms in total. The van der Waals surface area contributed by atoms with Crippen LogP contribution in [-0.4, -0.2) is 19.3 Å². The molecule has 0 amide bonds. The molecule has 0 N–H and O–H groups in total. The monoisotopic (exact) mass is 119 g/mol. The fourth-order valence-corrected chi connectivity index (χ4v) is 0.497. The van der Waals surface area contributed by atoms with Crippen LogP contribution in [0.2, 0.25) is 0 Å². The van der Waals surface area contributed by atoms with E-state index in [-0.39, 0.29) is 0 Å². The zero-order valence-electron chi connectivity index (χ0n) is 4.76. The summed E-state index contributed by atoms with van der Waals surface area (Å²) in [5.41, 5.74) is 0. The third-order valence-corrected chi connectivity index (χ3v) is 0.955. The first-order valence-corrected chi connectivity index (χ1v) is 3.11. The number of ether oxygens (including phenoxy) is 1. The molecule has 0 aliphatic rings. The Kier molecular flexibility index (Phi) is 3.89. The summed E-state index contributed by atoms with van der Waals surface area (Å²) in [6.07, 6.45) is 1.89. The zero-order valence-corrected chi connectivity index (χ0v) is 5.58. The molecule has 0 aromatic heterocycles. The molecule has 7 heavy (non-hydrogen) atoms. The summed E-state index contributed by atoms with van der Waals surface area (Å²) >= 11 is 1.40. The molecular formula is C4H9NOS. The van der Waals surface area contributed by atoms with Crippen LogP contribution in [0.15, 0.2) is 4.40 Å². The molecule has 0 atom stereocenters. The highest BCUT2D eigenvalue weighted by Crippen LogP contribution is 1.93. The average Bonchev–Trinajstić information content (AvgIpc) is 1.68. The van der Waals surface area contributed by atoms with Gasteiger partial charge in [0, 0.05) is 13.2 Å². The van der Waals surface area contributed by atoms with Gasteiger partial charge in [0.2, 0.25) is 0 Å².